The fourth-order valence-electron chi connectivity index (χ4n) is 2.50. The molecule has 1 fully saturated rings. The van der Waals surface area contributed by atoms with Gasteiger partial charge in [-0.15, -0.1) is 11.3 Å². The highest BCUT2D eigenvalue weighted by molar-refractivity contribution is 7.13. The second kappa shape index (κ2) is 7.52. The third-order valence-electron chi connectivity index (χ3n) is 3.67. The summed E-state index contributed by atoms with van der Waals surface area (Å²) in [7, 11) is 0. The molecule has 122 valence electrons. The Hall–Kier alpha value is -1.99. The second-order valence-electron chi connectivity index (χ2n) is 5.34. The zero-order valence-corrected chi connectivity index (χ0v) is 13.4. The first-order chi connectivity index (χ1) is 11.2. The number of aromatic nitrogens is 1. The lowest BCUT2D eigenvalue weighted by atomic mass is 10.1. The highest BCUT2D eigenvalue weighted by atomic mass is 32.1. The molecule has 7 heteroatoms. The topological polar surface area (TPSA) is 63.2 Å². The van der Waals surface area contributed by atoms with Crippen molar-refractivity contribution in [2.45, 2.75) is 25.4 Å². The summed E-state index contributed by atoms with van der Waals surface area (Å²) >= 11 is 1.42. The summed E-state index contributed by atoms with van der Waals surface area (Å²) in [6.07, 6.45) is 4.74. The number of hydrogen-bond donors (Lipinski definition) is 2. The maximum Gasteiger partial charge on any atom is 0.254 e. The standard InChI is InChI=1S/C16H18FN3O2S/c17-14-10-11(20-16-19-7-9-23-16)3-4-13(14)15(21)18-6-5-12-2-1-8-22-12/h3-4,7,9-10,12H,1-2,5-6,8H2,(H,18,21)(H,19,20). The molecule has 2 heterocycles. The van der Waals surface area contributed by atoms with Gasteiger partial charge in [-0.1, -0.05) is 0 Å². The van der Waals surface area contributed by atoms with Gasteiger partial charge in [-0.05, 0) is 37.5 Å². The largest absolute Gasteiger partial charge is 0.378 e. The summed E-state index contributed by atoms with van der Waals surface area (Å²) in [6.45, 7) is 1.28. The van der Waals surface area contributed by atoms with Crippen LogP contribution in [0.3, 0.4) is 0 Å². The van der Waals surface area contributed by atoms with Crippen molar-refractivity contribution in [1.82, 2.24) is 10.3 Å². The van der Waals surface area contributed by atoms with Gasteiger partial charge in [0.15, 0.2) is 5.13 Å². The number of carbonyl (C=O) groups is 1. The molecule has 1 aromatic carbocycles. The molecule has 2 aromatic rings. The SMILES string of the molecule is O=C(NCCC1CCCO1)c1ccc(Nc2nccs2)cc1F. The Morgan fingerprint density at radius 2 is 2.39 bits per heavy atom. The van der Waals surface area contributed by atoms with Crippen molar-refractivity contribution in [3.8, 4) is 0 Å². The monoisotopic (exact) mass is 335 g/mol. The van der Waals surface area contributed by atoms with Gasteiger partial charge in [0, 0.05) is 30.4 Å². The number of carbonyl (C=O) groups excluding carboxylic acids is 1. The lowest BCUT2D eigenvalue weighted by Crippen LogP contribution is -2.27. The third-order valence-corrected chi connectivity index (χ3v) is 4.36. The molecule has 1 saturated heterocycles. The number of nitrogens with zero attached hydrogens (tertiary/aromatic N) is 1. The Kier molecular flexibility index (Phi) is 5.19. The summed E-state index contributed by atoms with van der Waals surface area (Å²) in [5, 5.41) is 8.24. The fourth-order valence-corrected chi connectivity index (χ4v) is 3.05. The second-order valence-corrected chi connectivity index (χ2v) is 6.23. The molecule has 0 spiro atoms. The molecule has 5 nitrogen and oxygen atoms in total. The molecule has 1 aliphatic heterocycles. The van der Waals surface area contributed by atoms with E-state index in [9.17, 15) is 9.18 Å². The van der Waals surface area contributed by atoms with Gasteiger partial charge in [0.25, 0.3) is 5.91 Å². The molecule has 1 unspecified atom stereocenters. The number of halogens is 1. The highest BCUT2D eigenvalue weighted by Crippen LogP contribution is 2.21. The number of amides is 1. The Labute approximate surface area is 137 Å². The van der Waals surface area contributed by atoms with E-state index in [2.05, 4.69) is 15.6 Å². The Morgan fingerprint density at radius 1 is 1.48 bits per heavy atom. The van der Waals surface area contributed by atoms with Gasteiger partial charge in [-0.25, -0.2) is 9.37 Å². The van der Waals surface area contributed by atoms with Gasteiger partial charge in [-0.3, -0.25) is 4.79 Å². The number of nitrogens with one attached hydrogen (secondary N) is 2. The lowest BCUT2D eigenvalue weighted by Gasteiger charge is -2.11. The first kappa shape index (κ1) is 15.9. The minimum atomic E-state index is -0.554. The Balaban J connectivity index is 1.55. The minimum Gasteiger partial charge on any atom is -0.378 e. The van der Waals surface area contributed by atoms with Gasteiger partial charge in [-0.2, -0.15) is 0 Å². The van der Waals surface area contributed by atoms with Crippen molar-refractivity contribution < 1.29 is 13.9 Å². The predicted octanol–water partition coefficient (Wildman–Crippen LogP) is 3.32. The number of ether oxygens (including phenoxy) is 1. The van der Waals surface area contributed by atoms with Gasteiger partial charge >= 0.3 is 0 Å². The van der Waals surface area contributed by atoms with Gasteiger partial charge in [0.2, 0.25) is 0 Å². The summed E-state index contributed by atoms with van der Waals surface area (Å²) in [6, 6.07) is 4.45. The van der Waals surface area contributed by atoms with E-state index in [1.807, 2.05) is 5.38 Å². The molecule has 1 atom stereocenters. The zero-order valence-electron chi connectivity index (χ0n) is 12.5. The van der Waals surface area contributed by atoms with Crippen LogP contribution >= 0.6 is 11.3 Å². The van der Waals surface area contributed by atoms with E-state index in [0.717, 1.165) is 25.9 Å². The fraction of sp³-hybridized carbons (Fsp3) is 0.375. The summed E-state index contributed by atoms with van der Waals surface area (Å²) in [5.74, 6) is -0.956. The maximum absolute atomic E-state index is 14.1. The van der Waals surface area contributed by atoms with E-state index in [4.69, 9.17) is 4.74 Å². The predicted molar refractivity (Wildman–Crippen MR) is 87.7 cm³/mol. The number of hydrogen-bond acceptors (Lipinski definition) is 5. The average Bonchev–Trinajstić information content (AvgIpc) is 3.21. The first-order valence-electron chi connectivity index (χ1n) is 7.58. The van der Waals surface area contributed by atoms with Crippen molar-refractivity contribution in [3.05, 3.63) is 41.2 Å². The number of thiazole rings is 1. The van der Waals surface area contributed by atoms with E-state index >= 15 is 0 Å². The zero-order chi connectivity index (χ0) is 16.1. The normalized spacial score (nSPS) is 17.2. The molecule has 2 N–H and O–H groups in total. The molecule has 0 saturated carbocycles. The van der Waals surface area contributed by atoms with Gasteiger partial charge < -0.3 is 15.4 Å². The molecule has 3 rings (SSSR count). The van der Waals surface area contributed by atoms with E-state index in [1.54, 1.807) is 12.3 Å². The van der Waals surface area contributed by atoms with Crippen LogP contribution in [0, 0.1) is 5.82 Å². The van der Waals surface area contributed by atoms with Crippen LogP contribution < -0.4 is 10.6 Å². The number of anilines is 2. The molecule has 0 radical (unpaired) electrons. The van der Waals surface area contributed by atoms with E-state index in [0.29, 0.717) is 17.4 Å². The van der Waals surface area contributed by atoms with Crippen LogP contribution in [0.5, 0.6) is 0 Å². The van der Waals surface area contributed by atoms with E-state index in [-0.39, 0.29) is 11.7 Å². The average molecular weight is 335 g/mol. The minimum absolute atomic E-state index is 0.0435. The molecule has 1 aromatic heterocycles. The van der Waals surface area contributed by atoms with Crippen LogP contribution in [-0.4, -0.2) is 30.1 Å². The van der Waals surface area contributed by atoms with Crippen molar-refractivity contribution in [1.29, 1.82) is 0 Å². The summed E-state index contributed by atoms with van der Waals surface area (Å²) in [5.41, 5.74) is 0.607. The molecule has 1 aliphatic rings. The van der Waals surface area contributed by atoms with Crippen LogP contribution in [0.25, 0.3) is 0 Å². The summed E-state index contributed by atoms with van der Waals surface area (Å²) < 4.78 is 19.6. The van der Waals surface area contributed by atoms with Crippen LogP contribution in [0.4, 0.5) is 15.2 Å². The third kappa shape index (κ3) is 4.27. The van der Waals surface area contributed by atoms with E-state index < -0.39 is 11.7 Å². The van der Waals surface area contributed by atoms with Gasteiger partial charge in [0.05, 0.1) is 11.7 Å². The lowest BCUT2D eigenvalue weighted by molar-refractivity contribution is 0.0904. The molecule has 0 aliphatic carbocycles. The van der Waals surface area contributed by atoms with Crippen molar-refractivity contribution in [3.63, 3.8) is 0 Å². The van der Waals surface area contributed by atoms with Crippen molar-refractivity contribution in [2.24, 2.45) is 0 Å². The smallest absolute Gasteiger partial charge is 0.254 e. The maximum atomic E-state index is 14.1. The van der Waals surface area contributed by atoms with E-state index in [1.165, 1.54) is 23.5 Å². The van der Waals surface area contributed by atoms with Crippen LogP contribution in [0.1, 0.15) is 29.6 Å². The molecule has 1 amide bonds. The van der Waals surface area contributed by atoms with Crippen molar-refractivity contribution >= 4 is 28.1 Å². The number of benzene rings is 1. The Bertz CT molecular complexity index is 657. The van der Waals surface area contributed by atoms with Crippen LogP contribution in [0.15, 0.2) is 29.8 Å². The molecule has 23 heavy (non-hydrogen) atoms. The Morgan fingerprint density at radius 3 is 3.09 bits per heavy atom. The van der Waals surface area contributed by atoms with Crippen LogP contribution in [0.2, 0.25) is 0 Å². The van der Waals surface area contributed by atoms with Crippen LogP contribution in [-0.2, 0) is 4.74 Å². The first-order valence-corrected chi connectivity index (χ1v) is 8.46. The molecular formula is C16H18FN3O2S. The quantitative estimate of drug-likeness (QED) is 0.850. The highest BCUT2D eigenvalue weighted by Gasteiger charge is 2.16. The summed E-state index contributed by atoms with van der Waals surface area (Å²) in [4.78, 5) is 16.1. The number of rotatable bonds is 6. The van der Waals surface area contributed by atoms with Gasteiger partial charge in [0.1, 0.15) is 5.82 Å². The van der Waals surface area contributed by atoms with Crippen molar-refractivity contribution in [2.75, 3.05) is 18.5 Å². The molecular weight excluding hydrogens is 317 g/mol. The molecule has 0 bridgehead atoms.